The standard InChI is InChI=1S/C15H22N6/c1-11-9-21(10-12(2)17-11)15-18-14(19-20-15)7-6-13-5-3-4-8-16-13/h3-5,8,11-12,17H,6-7,9-10H2,1-2H3,(H,18,19,20). The molecule has 3 heterocycles. The highest BCUT2D eigenvalue weighted by atomic mass is 15.4. The number of H-pyrrole nitrogens is 1. The van der Waals surface area contributed by atoms with Gasteiger partial charge in [-0.15, -0.1) is 5.10 Å². The molecule has 1 aliphatic heterocycles. The van der Waals surface area contributed by atoms with E-state index in [1.807, 2.05) is 24.4 Å². The predicted octanol–water partition coefficient (Wildman–Crippen LogP) is 1.17. The van der Waals surface area contributed by atoms with Crippen molar-refractivity contribution in [1.82, 2.24) is 25.5 Å². The first-order chi connectivity index (χ1) is 10.2. The maximum absolute atomic E-state index is 4.62. The maximum Gasteiger partial charge on any atom is 0.244 e. The molecule has 6 heteroatoms. The number of aromatic nitrogens is 4. The molecule has 2 atom stereocenters. The van der Waals surface area contributed by atoms with Crippen LogP contribution in [0.1, 0.15) is 25.4 Å². The van der Waals surface area contributed by atoms with E-state index in [0.717, 1.165) is 43.4 Å². The van der Waals surface area contributed by atoms with E-state index >= 15 is 0 Å². The summed E-state index contributed by atoms with van der Waals surface area (Å²) in [5.74, 6) is 1.74. The van der Waals surface area contributed by atoms with Crippen LogP contribution >= 0.6 is 0 Å². The van der Waals surface area contributed by atoms with Crippen LogP contribution < -0.4 is 10.2 Å². The van der Waals surface area contributed by atoms with Crippen LogP contribution in [0.15, 0.2) is 24.4 Å². The van der Waals surface area contributed by atoms with Crippen molar-refractivity contribution < 1.29 is 0 Å². The van der Waals surface area contributed by atoms with Gasteiger partial charge in [-0.2, -0.15) is 4.98 Å². The smallest absolute Gasteiger partial charge is 0.244 e. The molecule has 1 saturated heterocycles. The van der Waals surface area contributed by atoms with Crippen LogP contribution in [0.5, 0.6) is 0 Å². The third-order valence-corrected chi connectivity index (χ3v) is 3.70. The number of nitrogens with zero attached hydrogens (tertiary/aromatic N) is 4. The van der Waals surface area contributed by atoms with E-state index in [4.69, 9.17) is 0 Å². The molecular formula is C15H22N6. The Balaban J connectivity index is 1.61. The zero-order valence-electron chi connectivity index (χ0n) is 12.6. The Kier molecular flexibility index (Phi) is 4.15. The largest absolute Gasteiger partial charge is 0.336 e. The fraction of sp³-hybridized carbons (Fsp3) is 0.533. The SMILES string of the molecule is CC1CN(c2n[nH]c(CCc3ccccn3)n2)CC(C)N1. The lowest BCUT2D eigenvalue weighted by Gasteiger charge is -2.35. The van der Waals surface area contributed by atoms with E-state index in [-0.39, 0.29) is 0 Å². The zero-order chi connectivity index (χ0) is 14.7. The Hall–Kier alpha value is -1.95. The van der Waals surface area contributed by atoms with E-state index in [1.165, 1.54) is 0 Å². The molecule has 21 heavy (non-hydrogen) atoms. The quantitative estimate of drug-likeness (QED) is 0.883. The normalized spacial score (nSPS) is 22.5. The molecule has 2 aromatic heterocycles. The molecule has 3 rings (SSSR count). The molecule has 0 amide bonds. The van der Waals surface area contributed by atoms with Gasteiger partial charge < -0.3 is 10.2 Å². The fourth-order valence-corrected chi connectivity index (χ4v) is 2.82. The summed E-state index contributed by atoms with van der Waals surface area (Å²) in [4.78, 5) is 11.2. The zero-order valence-corrected chi connectivity index (χ0v) is 12.6. The van der Waals surface area contributed by atoms with E-state index < -0.39 is 0 Å². The summed E-state index contributed by atoms with van der Waals surface area (Å²) in [6.45, 7) is 6.28. The number of anilines is 1. The van der Waals surface area contributed by atoms with Gasteiger partial charge in [0.05, 0.1) is 0 Å². The molecule has 0 aliphatic carbocycles. The average Bonchev–Trinajstić information content (AvgIpc) is 2.94. The van der Waals surface area contributed by atoms with Crippen LogP contribution in [-0.4, -0.2) is 45.3 Å². The van der Waals surface area contributed by atoms with E-state index in [9.17, 15) is 0 Å². The number of aryl methyl sites for hydroxylation is 2. The predicted molar refractivity (Wildman–Crippen MR) is 82.3 cm³/mol. The second-order valence-corrected chi connectivity index (χ2v) is 5.78. The van der Waals surface area contributed by atoms with Crippen LogP contribution in [0.25, 0.3) is 0 Å². The molecule has 0 aromatic carbocycles. The van der Waals surface area contributed by atoms with E-state index in [1.54, 1.807) is 0 Å². The van der Waals surface area contributed by atoms with Gasteiger partial charge in [-0.05, 0) is 32.4 Å². The van der Waals surface area contributed by atoms with Crippen molar-refractivity contribution >= 4 is 5.95 Å². The Morgan fingerprint density at radius 2 is 2.00 bits per heavy atom. The lowest BCUT2D eigenvalue weighted by molar-refractivity contribution is 0.403. The van der Waals surface area contributed by atoms with Crippen molar-refractivity contribution in [2.24, 2.45) is 0 Å². The number of aromatic amines is 1. The summed E-state index contributed by atoms with van der Waals surface area (Å²) in [6, 6.07) is 6.91. The minimum Gasteiger partial charge on any atom is -0.336 e. The lowest BCUT2D eigenvalue weighted by Crippen LogP contribution is -2.54. The summed E-state index contributed by atoms with van der Waals surface area (Å²) in [6.07, 6.45) is 3.54. The topological polar surface area (TPSA) is 69.7 Å². The van der Waals surface area contributed by atoms with Gasteiger partial charge in [0.15, 0.2) is 0 Å². The van der Waals surface area contributed by atoms with Gasteiger partial charge in [-0.25, -0.2) is 0 Å². The van der Waals surface area contributed by atoms with Gasteiger partial charge in [0, 0.05) is 43.5 Å². The first-order valence-corrected chi connectivity index (χ1v) is 7.53. The summed E-state index contributed by atoms with van der Waals surface area (Å²) >= 11 is 0. The molecular weight excluding hydrogens is 264 g/mol. The number of rotatable bonds is 4. The monoisotopic (exact) mass is 286 g/mol. The molecule has 2 N–H and O–H groups in total. The second kappa shape index (κ2) is 6.22. The Morgan fingerprint density at radius 3 is 2.71 bits per heavy atom. The minimum atomic E-state index is 0.462. The Bertz CT molecular complexity index is 557. The molecule has 112 valence electrons. The van der Waals surface area contributed by atoms with Gasteiger partial charge in [0.25, 0.3) is 0 Å². The van der Waals surface area contributed by atoms with Gasteiger partial charge in [-0.1, -0.05) is 6.07 Å². The highest BCUT2D eigenvalue weighted by Crippen LogP contribution is 2.13. The van der Waals surface area contributed by atoms with Crippen molar-refractivity contribution in [3.63, 3.8) is 0 Å². The molecule has 0 bridgehead atoms. The van der Waals surface area contributed by atoms with E-state index in [2.05, 4.69) is 44.2 Å². The molecule has 1 fully saturated rings. The number of piperazine rings is 1. The van der Waals surface area contributed by atoms with E-state index in [0.29, 0.717) is 12.1 Å². The van der Waals surface area contributed by atoms with Crippen molar-refractivity contribution in [2.45, 2.75) is 38.8 Å². The molecule has 0 spiro atoms. The van der Waals surface area contributed by atoms with Crippen LogP contribution in [0, 0.1) is 0 Å². The lowest BCUT2D eigenvalue weighted by atomic mass is 10.1. The second-order valence-electron chi connectivity index (χ2n) is 5.78. The molecule has 2 unspecified atom stereocenters. The number of pyridine rings is 1. The van der Waals surface area contributed by atoms with Crippen molar-refractivity contribution in [3.8, 4) is 0 Å². The molecule has 0 radical (unpaired) electrons. The van der Waals surface area contributed by atoms with Gasteiger partial charge in [0.2, 0.25) is 5.95 Å². The van der Waals surface area contributed by atoms with Crippen LogP contribution in [0.4, 0.5) is 5.95 Å². The Labute approximate surface area is 125 Å². The molecule has 1 aliphatic rings. The summed E-state index contributed by atoms with van der Waals surface area (Å²) in [7, 11) is 0. The Morgan fingerprint density at radius 1 is 1.19 bits per heavy atom. The van der Waals surface area contributed by atoms with Crippen LogP contribution in [0.2, 0.25) is 0 Å². The molecule has 2 aromatic rings. The van der Waals surface area contributed by atoms with Gasteiger partial charge in [0.1, 0.15) is 5.82 Å². The third-order valence-electron chi connectivity index (χ3n) is 3.70. The highest BCUT2D eigenvalue weighted by Gasteiger charge is 2.23. The van der Waals surface area contributed by atoms with Gasteiger partial charge in [-0.3, -0.25) is 10.1 Å². The first-order valence-electron chi connectivity index (χ1n) is 7.53. The van der Waals surface area contributed by atoms with Crippen LogP contribution in [-0.2, 0) is 12.8 Å². The van der Waals surface area contributed by atoms with Crippen molar-refractivity contribution in [1.29, 1.82) is 0 Å². The minimum absolute atomic E-state index is 0.462. The van der Waals surface area contributed by atoms with Crippen molar-refractivity contribution in [2.75, 3.05) is 18.0 Å². The van der Waals surface area contributed by atoms with Crippen LogP contribution in [0.3, 0.4) is 0 Å². The van der Waals surface area contributed by atoms with Crippen molar-refractivity contribution in [3.05, 3.63) is 35.9 Å². The molecule has 6 nitrogen and oxygen atoms in total. The number of nitrogens with one attached hydrogen (secondary N) is 2. The fourth-order valence-electron chi connectivity index (χ4n) is 2.82. The summed E-state index contributed by atoms with van der Waals surface area (Å²) in [5.41, 5.74) is 1.08. The van der Waals surface area contributed by atoms with Gasteiger partial charge >= 0.3 is 0 Å². The third kappa shape index (κ3) is 3.58. The highest BCUT2D eigenvalue weighted by molar-refractivity contribution is 5.30. The number of hydrogen-bond acceptors (Lipinski definition) is 5. The maximum atomic E-state index is 4.62. The first kappa shape index (κ1) is 14.0. The average molecular weight is 286 g/mol. The summed E-state index contributed by atoms with van der Waals surface area (Å²) in [5, 5.41) is 10.9. The molecule has 0 saturated carbocycles. The summed E-state index contributed by atoms with van der Waals surface area (Å²) < 4.78 is 0. The number of hydrogen-bond donors (Lipinski definition) is 2.